The quantitative estimate of drug-likeness (QED) is 0.825. The van der Waals surface area contributed by atoms with Crippen molar-refractivity contribution < 1.29 is 19.4 Å². The zero-order valence-corrected chi connectivity index (χ0v) is 14.8. The predicted molar refractivity (Wildman–Crippen MR) is 96.0 cm³/mol. The number of rotatable bonds is 3. The molecule has 0 spiro atoms. The van der Waals surface area contributed by atoms with Crippen molar-refractivity contribution in [3.63, 3.8) is 0 Å². The largest absolute Gasteiger partial charge is 0.485 e. The highest BCUT2D eigenvalue weighted by Gasteiger charge is 2.43. The van der Waals surface area contributed by atoms with E-state index in [1.165, 1.54) is 7.11 Å². The van der Waals surface area contributed by atoms with Crippen molar-refractivity contribution in [2.75, 3.05) is 12.4 Å². The molecule has 0 amide bonds. The van der Waals surface area contributed by atoms with Crippen LogP contribution < -0.4 is 10.1 Å². The van der Waals surface area contributed by atoms with Gasteiger partial charge < -0.3 is 19.9 Å². The van der Waals surface area contributed by atoms with Gasteiger partial charge in [-0.3, -0.25) is 0 Å². The summed E-state index contributed by atoms with van der Waals surface area (Å²) in [6.45, 7) is 3.58. The maximum atomic E-state index is 12.0. The Morgan fingerprint density at radius 2 is 2.04 bits per heavy atom. The molecule has 134 valence electrons. The van der Waals surface area contributed by atoms with E-state index in [1.54, 1.807) is 56.3 Å². The Morgan fingerprint density at radius 1 is 1.31 bits per heavy atom. The SMILES string of the molecule is COC(=O)c1ccccc1N[C@H]1c2cc(C#N)ccc2OC(C)(C)[C@@H]1O. The van der Waals surface area contributed by atoms with Crippen LogP contribution in [-0.4, -0.2) is 29.9 Å². The molecule has 0 fully saturated rings. The Bertz CT molecular complexity index is 886. The maximum Gasteiger partial charge on any atom is 0.339 e. The van der Waals surface area contributed by atoms with Crippen LogP contribution >= 0.6 is 0 Å². The van der Waals surface area contributed by atoms with E-state index in [0.29, 0.717) is 28.1 Å². The molecule has 0 saturated carbocycles. The van der Waals surface area contributed by atoms with Crippen LogP contribution in [0.2, 0.25) is 0 Å². The average molecular weight is 352 g/mol. The molecule has 0 unspecified atom stereocenters. The lowest BCUT2D eigenvalue weighted by atomic mass is 9.85. The molecule has 0 bridgehead atoms. The topological polar surface area (TPSA) is 91.6 Å². The third kappa shape index (κ3) is 3.09. The van der Waals surface area contributed by atoms with Gasteiger partial charge >= 0.3 is 5.97 Å². The molecular weight excluding hydrogens is 332 g/mol. The second-order valence-corrected chi connectivity index (χ2v) is 6.67. The number of carbonyl (C=O) groups excluding carboxylic acids is 1. The van der Waals surface area contributed by atoms with Gasteiger partial charge in [-0.25, -0.2) is 4.79 Å². The van der Waals surface area contributed by atoms with Crippen molar-refractivity contribution in [2.24, 2.45) is 0 Å². The number of aliphatic hydroxyl groups excluding tert-OH is 1. The van der Waals surface area contributed by atoms with Gasteiger partial charge in [0.05, 0.1) is 30.3 Å². The van der Waals surface area contributed by atoms with Crippen LogP contribution in [0.4, 0.5) is 5.69 Å². The van der Waals surface area contributed by atoms with E-state index in [-0.39, 0.29) is 0 Å². The number of aliphatic hydroxyl groups is 1. The zero-order chi connectivity index (χ0) is 18.9. The lowest BCUT2D eigenvalue weighted by molar-refractivity contribution is -0.0532. The Hall–Kier alpha value is -3.04. The first kappa shape index (κ1) is 17.8. The molecular formula is C20H20N2O4. The predicted octanol–water partition coefficient (Wildman–Crippen LogP) is 3.03. The van der Waals surface area contributed by atoms with Crippen molar-refractivity contribution in [2.45, 2.75) is 31.6 Å². The van der Waals surface area contributed by atoms with Gasteiger partial charge in [-0.15, -0.1) is 0 Å². The summed E-state index contributed by atoms with van der Waals surface area (Å²) in [4.78, 5) is 12.0. The van der Waals surface area contributed by atoms with Gasteiger partial charge in [-0.1, -0.05) is 12.1 Å². The third-order valence-electron chi connectivity index (χ3n) is 4.52. The monoisotopic (exact) mass is 352 g/mol. The van der Waals surface area contributed by atoms with Gasteiger partial charge in [-0.05, 0) is 44.2 Å². The summed E-state index contributed by atoms with van der Waals surface area (Å²) in [7, 11) is 1.32. The van der Waals surface area contributed by atoms with Crippen LogP contribution in [0.5, 0.6) is 5.75 Å². The summed E-state index contributed by atoms with van der Waals surface area (Å²) in [6.07, 6.45) is -0.908. The first-order chi connectivity index (χ1) is 12.4. The van der Waals surface area contributed by atoms with E-state index in [2.05, 4.69) is 11.4 Å². The van der Waals surface area contributed by atoms with Gasteiger partial charge in [0.1, 0.15) is 17.5 Å². The molecule has 2 atom stereocenters. The molecule has 0 aromatic heterocycles. The van der Waals surface area contributed by atoms with E-state index in [0.717, 1.165) is 0 Å². The molecule has 1 heterocycles. The number of ether oxygens (including phenoxy) is 2. The zero-order valence-electron chi connectivity index (χ0n) is 14.8. The Kier molecular flexibility index (Phi) is 4.58. The van der Waals surface area contributed by atoms with Crippen LogP contribution in [0, 0.1) is 11.3 Å². The molecule has 2 N–H and O–H groups in total. The number of anilines is 1. The van der Waals surface area contributed by atoms with Crippen molar-refractivity contribution in [1.82, 2.24) is 0 Å². The molecule has 0 aliphatic carbocycles. The number of methoxy groups -OCH3 is 1. The van der Waals surface area contributed by atoms with Crippen molar-refractivity contribution in [1.29, 1.82) is 5.26 Å². The van der Waals surface area contributed by atoms with Crippen molar-refractivity contribution in [3.8, 4) is 11.8 Å². The average Bonchev–Trinajstić information content (AvgIpc) is 2.64. The number of nitriles is 1. The maximum absolute atomic E-state index is 12.0. The Labute approximate surface area is 152 Å². The summed E-state index contributed by atoms with van der Waals surface area (Å²) in [5.41, 5.74) is 1.18. The lowest BCUT2D eigenvalue weighted by Gasteiger charge is -2.42. The Balaban J connectivity index is 2.07. The molecule has 0 saturated heterocycles. The van der Waals surface area contributed by atoms with Gasteiger partial charge in [0, 0.05) is 11.3 Å². The highest BCUT2D eigenvalue weighted by molar-refractivity contribution is 5.95. The number of hydrogen-bond donors (Lipinski definition) is 2. The summed E-state index contributed by atoms with van der Waals surface area (Å²) < 4.78 is 10.7. The molecule has 6 nitrogen and oxygen atoms in total. The van der Waals surface area contributed by atoms with Crippen LogP contribution in [0.1, 0.15) is 41.4 Å². The number of nitrogens with one attached hydrogen (secondary N) is 1. The van der Waals surface area contributed by atoms with Gasteiger partial charge in [0.25, 0.3) is 0 Å². The highest BCUT2D eigenvalue weighted by Crippen LogP contribution is 2.42. The molecule has 1 aliphatic rings. The summed E-state index contributed by atoms with van der Waals surface area (Å²) >= 11 is 0. The van der Waals surface area contributed by atoms with Crippen molar-refractivity contribution >= 4 is 11.7 Å². The number of fused-ring (bicyclic) bond motifs is 1. The fourth-order valence-corrected chi connectivity index (χ4v) is 3.09. The molecule has 0 radical (unpaired) electrons. The number of nitrogens with zero attached hydrogens (tertiary/aromatic N) is 1. The minimum absolute atomic E-state index is 0.365. The van der Waals surface area contributed by atoms with Crippen molar-refractivity contribution in [3.05, 3.63) is 59.2 Å². The van der Waals surface area contributed by atoms with E-state index < -0.39 is 23.7 Å². The molecule has 2 aromatic rings. The number of carbonyl (C=O) groups is 1. The van der Waals surface area contributed by atoms with Gasteiger partial charge in [0.15, 0.2) is 0 Å². The second kappa shape index (κ2) is 6.70. The number of hydrogen-bond acceptors (Lipinski definition) is 6. The van der Waals surface area contributed by atoms with E-state index >= 15 is 0 Å². The van der Waals surface area contributed by atoms with E-state index in [1.807, 2.05) is 0 Å². The Morgan fingerprint density at radius 3 is 2.73 bits per heavy atom. The van der Waals surface area contributed by atoms with Crippen LogP contribution in [0.3, 0.4) is 0 Å². The molecule has 2 aromatic carbocycles. The normalized spacial score (nSPS) is 20.3. The van der Waals surface area contributed by atoms with Gasteiger partial charge in [-0.2, -0.15) is 5.26 Å². The fourth-order valence-electron chi connectivity index (χ4n) is 3.09. The third-order valence-corrected chi connectivity index (χ3v) is 4.52. The van der Waals surface area contributed by atoms with E-state index in [9.17, 15) is 15.2 Å². The minimum atomic E-state index is -0.908. The van der Waals surface area contributed by atoms with E-state index in [4.69, 9.17) is 9.47 Å². The second-order valence-electron chi connectivity index (χ2n) is 6.67. The highest BCUT2D eigenvalue weighted by atomic mass is 16.5. The first-order valence-corrected chi connectivity index (χ1v) is 8.22. The summed E-state index contributed by atoms with van der Waals surface area (Å²) in [5.74, 6) is 0.118. The number of esters is 1. The number of benzene rings is 2. The van der Waals surface area contributed by atoms with Crippen LogP contribution in [0.25, 0.3) is 0 Å². The van der Waals surface area contributed by atoms with Gasteiger partial charge in [0.2, 0.25) is 0 Å². The minimum Gasteiger partial charge on any atom is -0.485 e. The number of para-hydroxylation sites is 1. The fraction of sp³-hybridized carbons (Fsp3) is 0.300. The molecule has 26 heavy (non-hydrogen) atoms. The van der Waals surface area contributed by atoms with Crippen LogP contribution in [-0.2, 0) is 4.74 Å². The van der Waals surface area contributed by atoms with Crippen LogP contribution in [0.15, 0.2) is 42.5 Å². The first-order valence-electron chi connectivity index (χ1n) is 8.22. The lowest BCUT2D eigenvalue weighted by Crippen LogP contribution is -2.50. The smallest absolute Gasteiger partial charge is 0.339 e. The summed E-state index contributed by atoms with van der Waals surface area (Å²) in [5, 5.41) is 23.3. The standard InChI is InChI=1S/C20H20N2O4/c1-20(2)18(23)17(14-10-12(11-21)8-9-16(14)26-20)22-15-7-5-4-6-13(15)19(24)25-3/h4-10,17-18,22-23H,1-3H3/t17-,18+/m0/s1. The molecule has 3 rings (SSSR count). The molecule has 6 heteroatoms. The summed E-state index contributed by atoms with van der Waals surface area (Å²) in [6, 6.07) is 13.5. The molecule has 1 aliphatic heterocycles.